The fraction of sp³-hybridized carbons (Fsp3) is 0.190. The first-order valence-electron chi connectivity index (χ1n) is 8.49. The van der Waals surface area contributed by atoms with Crippen molar-refractivity contribution in [2.24, 2.45) is 0 Å². The van der Waals surface area contributed by atoms with Crippen LogP contribution in [0.15, 0.2) is 48.5 Å². The van der Waals surface area contributed by atoms with Crippen molar-refractivity contribution in [2.75, 3.05) is 10.6 Å². The molecular formula is C21H22N4O. The van der Waals surface area contributed by atoms with Gasteiger partial charge in [-0.25, -0.2) is 9.97 Å². The molecule has 132 valence electrons. The summed E-state index contributed by atoms with van der Waals surface area (Å²) in [5, 5.41) is 6.20. The van der Waals surface area contributed by atoms with Gasteiger partial charge in [-0.15, -0.1) is 0 Å². The van der Waals surface area contributed by atoms with Crippen LogP contribution in [0.2, 0.25) is 0 Å². The van der Waals surface area contributed by atoms with E-state index in [-0.39, 0.29) is 5.91 Å². The number of carbonyl (C=O) groups is 1. The Morgan fingerprint density at radius 3 is 2.35 bits per heavy atom. The Morgan fingerprint density at radius 2 is 1.58 bits per heavy atom. The van der Waals surface area contributed by atoms with Gasteiger partial charge in [-0.2, -0.15) is 0 Å². The standard InChI is InChI=1S/C21H22N4O/c1-13-9-10-15(3)18(11-13)24-20-12-19(22-16(4)23-20)21(26)25-17-8-6-5-7-14(17)2/h5-12H,1-4H3,(H,25,26)(H,22,23,24). The number of amides is 1. The van der Waals surface area contributed by atoms with Crippen molar-refractivity contribution in [3.63, 3.8) is 0 Å². The SMILES string of the molecule is Cc1ccc(C)c(Nc2cc(C(=O)Nc3ccccc3C)nc(C)n2)c1. The van der Waals surface area contributed by atoms with Crippen LogP contribution >= 0.6 is 0 Å². The van der Waals surface area contributed by atoms with Crippen LogP contribution in [-0.2, 0) is 0 Å². The largest absolute Gasteiger partial charge is 0.340 e. The first-order valence-corrected chi connectivity index (χ1v) is 8.49. The van der Waals surface area contributed by atoms with Gasteiger partial charge in [0, 0.05) is 17.4 Å². The zero-order valence-electron chi connectivity index (χ0n) is 15.4. The van der Waals surface area contributed by atoms with E-state index in [0.29, 0.717) is 17.3 Å². The third kappa shape index (κ3) is 4.06. The summed E-state index contributed by atoms with van der Waals surface area (Å²) in [5.41, 5.74) is 5.33. The van der Waals surface area contributed by atoms with Crippen molar-refractivity contribution in [2.45, 2.75) is 27.7 Å². The number of nitrogens with zero attached hydrogens (tertiary/aromatic N) is 2. The lowest BCUT2D eigenvalue weighted by Crippen LogP contribution is -2.16. The third-order valence-electron chi connectivity index (χ3n) is 4.12. The number of aromatic nitrogens is 2. The second-order valence-corrected chi connectivity index (χ2v) is 6.40. The van der Waals surface area contributed by atoms with E-state index in [1.54, 1.807) is 13.0 Å². The lowest BCUT2D eigenvalue weighted by molar-refractivity contribution is 0.102. The van der Waals surface area contributed by atoms with E-state index in [2.05, 4.69) is 38.8 Å². The van der Waals surface area contributed by atoms with Crippen molar-refractivity contribution in [1.82, 2.24) is 9.97 Å². The average molecular weight is 346 g/mol. The fourth-order valence-electron chi connectivity index (χ4n) is 2.66. The summed E-state index contributed by atoms with van der Waals surface area (Å²) in [6, 6.07) is 15.5. The molecule has 0 saturated heterocycles. The van der Waals surface area contributed by atoms with Crippen LogP contribution < -0.4 is 10.6 Å². The molecule has 0 bridgehead atoms. The number of hydrogen-bond donors (Lipinski definition) is 2. The number of hydrogen-bond acceptors (Lipinski definition) is 4. The van der Waals surface area contributed by atoms with Crippen LogP contribution in [0.5, 0.6) is 0 Å². The van der Waals surface area contributed by atoms with E-state index < -0.39 is 0 Å². The molecule has 0 aliphatic rings. The number of anilines is 3. The molecule has 0 radical (unpaired) electrons. The van der Waals surface area contributed by atoms with Gasteiger partial charge in [0.25, 0.3) is 5.91 Å². The average Bonchev–Trinajstić information content (AvgIpc) is 2.59. The highest BCUT2D eigenvalue weighted by atomic mass is 16.1. The number of rotatable bonds is 4. The maximum atomic E-state index is 12.6. The van der Waals surface area contributed by atoms with Gasteiger partial charge in [0.05, 0.1) is 0 Å². The van der Waals surface area contributed by atoms with Gasteiger partial charge >= 0.3 is 0 Å². The second-order valence-electron chi connectivity index (χ2n) is 6.40. The minimum Gasteiger partial charge on any atom is -0.340 e. The molecule has 1 heterocycles. The van der Waals surface area contributed by atoms with Gasteiger partial charge in [-0.05, 0) is 56.5 Å². The number of para-hydroxylation sites is 1. The zero-order valence-corrected chi connectivity index (χ0v) is 15.4. The third-order valence-corrected chi connectivity index (χ3v) is 4.12. The first-order chi connectivity index (χ1) is 12.4. The number of carbonyl (C=O) groups excluding carboxylic acids is 1. The van der Waals surface area contributed by atoms with Crippen LogP contribution in [0.25, 0.3) is 0 Å². The molecule has 0 fully saturated rings. The molecule has 2 aromatic carbocycles. The van der Waals surface area contributed by atoms with E-state index in [1.165, 1.54) is 0 Å². The topological polar surface area (TPSA) is 66.9 Å². The van der Waals surface area contributed by atoms with Crippen LogP contribution in [0.1, 0.15) is 33.0 Å². The summed E-state index contributed by atoms with van der Waals surface area (Å²) in [6.07, 6.45) is 0. The quantitative estimate of drug-likeness (QED) is 0.718. The Morgan fingerprint density at radius 1 is 0.846 bits per heavy atom. The molecule has 3 aromatic rings. The van der Waals surface area contributed by atoms with Gasteiger partial charge in [0.2, 0.25) is 0 Å². The molecule has 1 amide bonds. The molecule has 0 spiro atoms. The fourth-order valence-corrected chi connectivity index (χ4v) is 2.66. The summed E-state index contributed by atoms with van der Waals surface area (Å²) < 4.78 is 0. The Hall–Kier alpha value is -3.21. The van der Waals surface area contributed by atoms with Crippen LogP contribution in [-0.4, -0.2) is 15.9 Å². The van der Waals surface area contributed by atoms with E-state index in [9.17, 15) is 4.79 Å². The Kier molecular flexibility index (Phi) is 4.98. The smallest absolute Gasteiger partial charge is 0.274 e. The molecule has 26 heavy (non-hydrogen) atoms. The van der Waals surface area contributed by atoms with Gasteiger partial charge in [0.15, 0.2) is 0 Å². The molecule has 5 nitrogen and oxygen atoms in total. The van der Waals surface area contributed by atoms with Gasteiger partial charge in [0.1, 0.15) is 17.3 Å². The van der Waals surface area contributed by atoms with Crippen molar-refractivity contribution < 1.29 is 4.79 Å². The predicted octanol–water partition coefficient (Wildman–Crippen LogP) is 4.71. The molecule has 0 aliphatic carbocycles. The lowest BCUT2D eigenvalue weighted by atomic mass is 10.1. The Balaban J connectivity index is 1.86. The van der Waals surface area contributed by atoms with Crippen LogP contribution in [0.4, 0.5) is 17.2 Å². The summed E-state index contributed by atoms with van der Waals surface area (Å²) in [7, 11) is 0. The Bertz CT molecular complexity index is 966. The molecule has 5 heteroatoms. The van der Waals surface area contributed by atoms with Gasteiger partial charge < -0.3 is 10.6 Å². The molecule has 0 saturated carbocycles. The normalized spacial score (nSPS) is 10.5. The van der Waals surface area contributed by atoms with E-state index in [0.717, 1.165) is 28.1 Å². The molecule has 0 unspecified atom stereocenters. The van der Waals surface area contributed by atoms with Crippen molar-refractivity contribution in [1.29, 1.82) is 0 Å². The van der Waals surface area contributed by atoms with E-state index >= 15 is 0 Å². The molecule has 2 N–H and O–H groups in total. The van der Waals surface area contributed by atoms with E-state index in [4.69, 9.17) is 0 Å². The van der Waals surface area contributed by atoms with Crippen LogP contribution in [0.3, 0.4) is 0 Å². The summed E-state index contributed by atoms with van der Waals surface area (Å²) in [5.74, 6) is 0.880. The summed E-state index contributed by atoms with van der Waals surface area (Å²) in [4.78, 5) is 21.3. The van der Waals surface area contributed by atoms with Crippen molar-refractivity contribution >= 4 is 23.1 Å². The molecule has 1 aromatic heterocycles. The maximum absolute atomic E-state index is 12.6. The highest BCUT2D eigenvalue weighted by Gasteiger charge is 2.12. The van der Waals surface area contributed by atoms with Crippen LogP contribution in [0, 0.1) is 27.7 Å². The summed E-state index contributed by atoms with van der Waals surface area (Å²) >= 11 is 0. The van der Waals surface area contributed by atoms with Gasteiger partial charge in [-0.3, -0.25) is 4.79 Å². The van der Waals surface area contributed by atoms with Crippen molar-refractivity contribution in [3.8, 4) is 0 Å². The monoisotopic (exact) mass is 346 g/mol. The number of benzene rings is 2. The minimum absolute atomic E-state index is 0.256. The highest BCUT2D eigenvalue weighted by molar-refractivity contribution is 6.03. The minimum atomic E-state index is -0.256. The molecule has 3 rings (SSSR count). The second kappa shape index (κ2) is 7.35. The van der Waals surface area contributed by atoms with E-state index in [1.807, 2.05) is 45.0 Å². The molecule has 0 atom stereocenters. The predicted molar refractivity (Wildman–Crippen MR) is 105 cm³/mol. The zero-order chi connectivity index (χ0) is 18.7. The first kappa shape index (κ1) is 17.6. The van der Waals surface area contributed by atoms with Gasteiger partial charge in [-0.1, -0.05) is 30.3 Å². The number of nitrogens with one attached hydrogen (secondary N) is 2. The summed E-state index contributed by atoms with van der Waals surface area (Å²) in [6.45, 7) is 7.80. The molecule has 0 aliphatic heterocycles. The lowest BCUT2D eigenvalue weighted by Gasteiger charge is -2.12. The number of aryl methyl sites for hydroxylation is 4. The maximum Gasteiger partial charge on any atom is 0.274 e. The molecular weight excluding hydrogens is 324 g/mol. The highest BCUT2D eigenvalue weighted by Crippen LogP contribution is 2.21. The van der Waals surface area contributed by atoms with Crippen molar-refractivity contribution in [3.05, 3.63) is 76.7 Å². The Labute approximate surface area is 153 Å².